The number of ether oxygens (including phenoxy) is 1. The summed E-state index contributed by atoms with van der Waals surface area (Å²) in [7, 11) is 0. The second kappa shape index (κ2) is 4.27. The number of aliphatic hydroxyl groups is 1. The fraction of sp³-hybridized carbons (Fsp3) is 0.133. The van der Waals surface area contributed by atoms with Gasteiger partial charge in [-0.05, 0) is 22.4 Å². The average Bonchev–Trinajstić information content (AvgIpc) is 2.84. The Hall–Kier alpha value is -2.13. The number of aliphatic hydroxyl groups excluding tert-OH is 1. The normalized spacial score (nSPS) is 20.1. The van der Waals surface area contributed by atoms with E-state index in [4.69, 9.17) is 4.74 Å². The summed E-state index contributed by atoms with van der Waals surface area (Å²) in [4.78, 5) is 11.0. The van der Waals surface area contributed by atoms with Crippen LogP contribution < -0.4 is 0 Å². The minimum atomic E-state index is -0.834. The maximum absolute atomic E-state index is 11.0. The van der Waals surface area contributed by atoms with Crippen LogP contribution in [0.2, 0.25) is 0 Å². The Morgan fingerprint density at radius 2 is 1.89 bits per heavy atom. The topological polar surface area (TPSA) is 46.5 Å². The summed E-state index contributed by atoms with van der Waals surface area (Å²) in [5, 5.41) is 12.3. The number of hydrogen-bond donors (Lipinski definition) is 1. The van der Waals surface area contributed by atoms with E-state index in [9.17, 15) is 9.90 Å². The molecule has 0 unspecified atom stereocenters. The third kappa shape index (κ3) is 1.79. The van der Waals surface area contributed by atoms with Crippen LogP contribution in [-0.4, -0.2) is 17.2 Å². The van der Waals surface area contributed by atoms with Crippen LogP contribution in [-0.2, 0) is 9.53 Å². The molecule has 0 amide bonds. The quantitative estimate of drug-likeness (QED) is 0.820. The highest BCUT2D eigenvalue weighted by Crippen LogP contribution is 2.29. The van der Waals surface area contributed by atoms with Gasteiger partial charge in [-0.2, -0.15) is 0 Å². The maximum atomic E-state index is 11.0. The van der Waals surface area contributed by atoms with Crippen LogP contribution in [0.1, 0.15) is 11.7 Å². The van der Waals surface area contributed by atoms with Crippen LogP contribution in [0.4, 0.5) is 0 Å². The molecule has 0 bridgehead atoms. The molecule has 0 saturated heterocycles. The molecule has 2 aromatic rings. The predicted molar refractivity (Wildman–Crippen MR) is 67.9 cm³/mol. The van der Waals surface area contributed by atoms with E-state index in [0.717, 1.165) is 16.3 Å². The van der Waals surface area contributed by atoms with Gasteiger partial charge in [0.15, 0.2) is 6.10 Å². The van der Waals surface area contributed by atoms with Crippen LogP contribution >= 0.6 is 0 Å². The minimum Gasteiger partial charge on any atom is -0.452 e. The van der Waals surface area contributed by atoms with Gasteiger partial charge >= 0.3 is 5.97 Å². The molecule has 0 fully saturated rings. The lowest BCUT2D eigenvalue weighted by Gasteiger charge is -2.18. The van der Waals surface area contributed by atoms with Gasteiger partial charge in [0.2, 0.25) is 0 Å². The molecule has 90 valence electrons. The van der Waals surface area contributed by atoms with Crippen molar-refractivity contribution in [2.24, 2.45) is 0 Å². The first-order valence-corrected chi connectivity index (χ1v) is 5.80. The van der Waals surface area contributed by atoms with Crippen molar-refractivity contribution in [3.63, 3.8) is 0 Å². The molecule has 1 heterocycles. The van der Waals surface area contributed by atoms with Crippen LogP contribution in [0.15, 0.2) is 54.6 Å². The number of fused-ring (bicyclic) bond motifs is 1. The Morgan fingerprint density at radius 3 is 2.67 bits per heavy atom. The van der Waals surface area contributed by atoms with Crippen molar-refractivity contribution >= 4 is 16.7 Å². The molecule has 1 N–H and O–H groups in total. The molecule has 18 heavy (non-hydrogen) atoms. The summed E-state index contributed by atoms with van der Waals surface area (Å²) in [5.74, 6) is -0.403. The van der Waals surface area contributed by atoms with Crippen LogP contribution in [0, 0.1) is 0 Å². The Labute approximate surface area is 104 Å². The minimum absolute atomic E-state index is 0.403. The lowest BCUT2D eigenvalue weighted by atomic mass is 9.97. The molecule has 2 aromatic carbocycles. The molecule has 0 aromatic heterocycles. The zero-order valence-corrected chi connectivity index (χ0v) is 9.61. The van der Waals surface area contributed by atoms with Gasteiger partial charge in [0.05, 0.1) is 0 Å². The molecule has 3 heteroatoms. The van der Waals surface area contributed by atoms with Gasteiger partial charge < -0.3 is 9.84 Å². The number of esters is 1. The Bertz CT molecular complexity index is 625. The van der Waals surface area contributed by atoms with E-state index in [1.54, 1.807) is 6.08 Å². The first-order chi connectivity index (χ1) is 8.75. The largest absolute Gasteiger partial charge is 0.452 e. The number of carbonyl (C=O) groups is 1. The Balaban J connectivity index is 2.04. The molecule has 3 rings (SSSR count). The first kappa shape index (κ1) is 11.0. The number of hydrogen-bond acceptors (Lipinski definition) is 3. The Morgan fingerprint density at radius 1 is 1.11 bits per heavy atom. The van der Waals surface area contributed by atoms with Crippen LogP contribution in [0.25, 0.3) is 10.8 Å². The summed E-state index contributed by atoms with van der Waals surface area (Å²) >= 11 is 0. The van der Waals surface area contributed by atoms with Gasteiger partial charge in [0.1, 0.15) is 6.10 Å². The molecule has 2 atom stereocenters. The van der Waals surface area contributed by atoms with Crippen molar-refractivity contribution in [2.75, 3.05) is 0 Å². The summed E-state index contributed by atoms with van der Waals surface area (Å²) in [5.41, 5.74) is 0.775. The standard InChI is InChI=1S/C15H12O3/c16-14-9-8-13(18-14)15(17)12-7-3-5-10-4-1-2-6-11(10)12/h1-9,13,15,17H/t13-,15-/m0/s1. The van der Waals surface area contributed by atoms with Crippen molar-refractivity contribution in [1.82, 2.24) is 0 Å². The van der Waals surface area contributed by atoms with E-state index in [2.05, 4.69) is 0 Å². The molecular weight excluding hydrogens is 228 g/mol. The lowest BCUT2D eigenvalue weighted by molar-refractivity contribution is -0.142. The van der Waals surface area contributed by atoms with Gasteiger partial charge in [0.25, 0.3) is 0 Å². The SMILES string of the molecule is O=C1C=C[C@@H]([C@@H](O)c2cccc3ccccc23)O1. The summed E-state index contributed by atoms with van der Waals surface area (Å²) in [6.45, 7) is 0. The monoisotopic (exact) mass is 240 g/mol. The first-order valence-electron chi connectivity index (χ1n) is 5.80. The molecule has 0 saturated carbocycles. The molecule has 1 aliphatic heterocycles. The number of benzene rings is 2. The molecular formula is C15H12O3. The summed E-state index contributed by atoms with van der Waals surface area (Å²) in [6, 6.07) is 13.6. The van der Waals surface area contributed by atoms with Gasteiger partial charge in [-0.15, -0.1) is 0 Å². The van der Waals surface area contributed by atoms with Crippen molar-refractivity contribution in [1.29, 1.82) is 0 Å². The van der Waals surface area contributed by atoms with Gasteiger partial charge in [-0.3, -0.25) is 0 Å². The fourth-order valence-corrected chi connectivity index (χ4v) is 2.24. The van der Waals surface area contributed by atoms with Gasteiger partial charge in [-0.25, -0.2) is 4.79 Å². The number of carbonyl (C=O) groups excluding carboxylic acids is 1. The highest BCUT2D eigenvalue weighted by Gasteiger charge is 2.26. The average molecular weight is 240 g/mol. The fourth-order valence-electron chi connectivity index (χ4n) is 2.24. The van der Waals surface area contributed by atoms with E-state index in [-0.39, 0.29) is 0 Å². The van der Waals surface area contributed by atoms with Crippen molar-refractivity contribution < 1.29 is 14.6 Å². The summed E-state index contributed by atoms with van der Waals surface area (Å²) < 4.78 is 5.03. The van der Waals surface area contributed by atoms with E-state index in [1.165, 1.54) is 6.08 Å². The van der Waals surface area contributed by atoms with E-state index < -0.39 is 18.2 Å². The van der Waals surface area contributed by atoms with Crippen molar-refractivity contribution in [2.45, 2.75) is 12.2 Å². The van der Waals surface area contributed by atoms with Crippen molar-refractivity contribution in [3.05, 3.63) is 60.2 Å². The van der Waals surface area contributed by atoms with E-state index >= 15 is 0 Å². The molecule has 0 radical (unpaired) electrons. The maximum Gasteiger partial charge on any atom is 0.331 e. The van der Waals surface area contributed by atoms with Gasteiger partial charge in [0, 0.05) is 6.08 Å². The highest BCUT2D eigenvalue weighted by molar-refractivity contribution is 5.87. The second-order valence-corrected chi connectivity index (χ2v) is 4.27. The number of rotatable bonds is 2. The lowest BCUT2D eigenvalue weighted by Crippen LogP contribution is -2.18. The number of cyclic esters (lactones) is 1. The Kier molecular flexibility index (Phi) is 2.61. The second-order valence-electron chi connectivity index (χ2n) is 4.27. The van der Waals surface area contributed by atoms with Crippen LogP contribution in [0.3, 0.4) is 0 Å². The van der Waals surface area contributed by atoms with Gasteiger partial charge in [-0.1, -0.05) is 42.5 Å². The summed E-state index contributed by atoms with van der Waals surface area (Å²) in [6.07, 6.45) is 1.51. The smallest absolute Gasteiger partial charge is 0.331 e. The van der Waals surface area contributed by atoms with E-state index in [1.807, 2.05) is 42.5 Å². The third-order valence-electron chi connectivity index (χ3n) is 3.13. The highest BCUT2D eigenvalue weighted by atomic mass is 16.6. The zero-order valence-electron chi connectivity index (χ0n) is 9.61. The van der Waals surface area contributed by atoms with Crippen molar-refractivity contribution in [3.8, 4) is 0 Å². The molecule has 0 spiro atoms. The predicted octanol–water partition coefficient (Wildman–Crippen LogP) is 2.35. The molecule has 3 nitrogen and oxygen atoms in total. The zero-order chi connectivity index (χ0) is 12.5. The molecule has 1 aliphatic rings. The molecule has 0 aliphatic carbocycles. The van der Waals surface area contributed by atoms with E-state index in [0.29, 0.717) is 0 Å². The third-order valence-corrected chi connectivity index (χ3v) is 3.13. The van der Waals surface area contributed by atoms with Crippen LogP contribution in [0.5, 0.6) is 0 Å².